The van der Waals surface area contributed by atoms with E-state index in [1.54, 1.807) is 6.92 Å². The molecule has 0 aliphatic carbocycles. The summed E-state index contributed by atoms with van der Waals surface area (Å²) in [6.45, 7) is 7.64. The Hall–Kier alpha value is -2.43. The van der Waals surface area contributed by atoms with Gasteiger partial charge in [-0.3, -0.25) is 4.79 Å². The van der Waals surface area contributed by atoms with Crippen molar-refractivity contribution in [3.63, 3.8) is 0 Å². The molecule has 1 aromatic carbocycles. The van der Waals surface area contributed by atoms with Crippen LogP contribution in [0.3, 0.4) is 0 Å². The van der Waals surface area contributed by atoms with Crippen molar-refractivity contribution < 1.29 is 4.79 Å². The van der Waals surface area contributed by atoms with E-state index in [9.17, 15) is 4.79 Å². The maximum absolute atomic E-state index is 12.8. The van der Waals surface area contributed by atoms with Gasteiger partial charge in [-0.1, -0.05) is 44.2 Å². The molecule has 0 bridgehead atoms. The summed E-state index contributed by atoms with van der Waals surface area (Å²) in [7, 11) is 0. The number of likely N-dealkylation sites (tertiary alicyclic amines) is 1. The zero-order valence-corrected chi connectivity index (χ0v) is 13.8. The Balaban J connectivity index is 1.86. The van der Waals surface area contributed by atoms with Crippen LogP contribution in [0.15, 0.2) is 36.5 Å². The van der Waals surface area contributed by atoms with Crippen molar-refractivity contribution in [2.75, 3.05) is 18.8 Å². The van der Waals surface area contributed by atoms with Gasteiger partial charge in [-0.15, -0.1) is 0 Å². The molecular formula is C18H22N4O. The van der Waals surface area contributed by atoms with Crippen molar-refractivity contribution in [3.8, 4) is 0 Å². The third-order valence-electron chi connectivity index (χ3n) is 4.66. The molecule has 1 saturated heterocycles. The highest BCUT2D eigenvalue weighted by Gasteiger charge is 2.42. The maximum Gasteiger partial charge on any atom is 0.257 e. The van der Waals surface area contributed by atoms with Crippen molar-refractivity contribution in [1.29, 1.82) is 0 Å². The molecule has 1 amide bonds. The first-order valence-electron chi connectivity index (χ1n) is 7.82. The Bertz CT molecular complexity index is 727. The van der Waals surface area contributed by atoms with Crippen molar-refractivity contribution in [2.24, 2.45) is 5.41 Å². The highest BCUT2D eigenvalue weighted by atomic mass is 16.2. The van der Waals surface area contributed by atoms with E-state index in [1.165, 1.54) is 11.8 Å². The van der Waals surface area contributed by atoms with Crippen LogP contribution in [0.2, 0.25) is 0 Å². The third-order valence-corrected chi connectivity index (χ3v) is 4.66. The first kappa shape index (κ1) is 15.5. The lowest BCUT2D eigenvalue weighted by Gasteiger charge is -2.25. The summed E-state index contributed by atoms with van der Waals surface area (Å²) < 4.78 is 0. The van der Waals surface area contributed by atoms with Gasteiger partial charge in [0.15, 0.2) is 0 Å². The largest absolute Gasteiger partial charge is 0.368 e. The van der Waals surface area contributed by atoms with E-state index in [-0.39, 0.29) is 17.3 Å². The molecule has 5 heteroatoms. The number of amides is 1. The number of carbonyl (C=O) groups excluding carboxylic acids is 1. The fraction of sp³-hybridized carbons (Fsp3) is 0.389. The molecule has 1 aliphatic rings. The second-order valence-electron chi connectivity index (χ2n) is 6.86. The molecule has 3 rings (SSSR count). The third kappa shape index (κ3) is 2.91. The second kappa shape index (κ2) is 5.65. The lowest BCUT2D eigenvalue weighted by molar-refractivity contribution is 0.0776. The van der Waals surface area contributed by atoms with Crippen LogP contribution in [0.5, 0.6) is 0 Å². The average molecular weight is 310 g/mol. The Morgan fingerprint density at radius 3 is 2.65 bits per heavy atom. The summed E-state index contributed by atoms with van der Waals surface area (Å²) in [5, 5.41) is 0. The standard InChI is InChI=1S/C18H22N4O/c1-12-14(9-20-17(19)21-12)16(23)22-10-15(18(2,3)11-22)13-7-5-4-6-8-13/h4-9,15H,10-11H2,1-3H3,(H2,19,20,21)/t15-/m0/s1. The van der Waals surface area contributed by atoms with Gasteiger partial charge >= 0.3 is 0 Å². The van der Waals surface area contributed by atoms with Gasteiger partial charge in [0, 0.05) is 25.2 Å². The molecule has 1 fully saturated rings. The van der Waals surface area contributed by atoms with Crippen LogP contribution in [-0.4, -0.2) is 33.9 Å². The molecular weight excluding hydrogens is 288 g/mol. The van der Waals surface area contributed by atoms with E-state index in [4.69, 9.17) is 5.73 Å². The van der Waals surface area contributed by atoms with Crippen LogP contribution in [-0.2, 0) is 0 Å². The van der Waals surface area contributed by atoms with Gasteiger partial charge in [-0.05, 0) is 17.9 Å². The number of anilines is 1. The van der Waals surface area contributed by atoms with Crippen LogP contribution >= 0.6 is 0 Å². The number of benzene rings is 1. The monoisotopic (exact) mass is 310 g/mol. The molecule has 0 radical (unpaired) electrons. The highest BCUT2D eigenvalue weighted by Crippen LogP contribution is 2.42. The van der Waals surface area contributed by atoms with Gasteiger partial charge in [0.2, 0.25) is 5.95 Å². The van der Waals surface area contributed by atoms with E-state index in [0.717, 1.165) is 6.54 Å². The van der Waals surface area contributed by atoms with E-state index in [0.29, 0.717) is 23.7 Å². The van der Waals surface area contributed by atoms with Gasteiger partial charge in [-0.25, -0.2) is 9.97 Å². The lowest BCUT2D eigenvalue weighted by Crippen LogP contribution is -2.31. The molecule has 120 valence electrons. The van der Waals surface area contributed by atoms with Gasteiger partial charge in [-0.2, -0.15) is 0 Å². The first-order chi connectivity index (χ1) is 10.9. The fourth-order valence-corrected chi connectivity index (χ4v) is 3.40. The Labute approximate surface area is 136 Å². The first-order valence-corrected chi connectivity index (χ1v) is 7.82. The van der Waals surface area contributed by atoms with Gasteiger partial charge in [0.25, 0.3) is 5.91 Å². The van der Waals surface area contributed by atoms with Crippen LogP contribution in [0.1, 0.15) is 41.4 Å². The van der Waals surface area contributed by atoms with Crippen LogP contribution in [0, 0.1) is 12.3 Å². The van der Waals surface area contributed by atoms with Crippen LogP contribution < -0.4 is 5.73 Å². The summed E-state index contributed by atoms with van der Waals surface area (Å²) in [4.78, 5) is 22.8. The Morgan fingerprint density at radius 2 is 2.00 bits per heavy atom. The smallest absolute Gasteiger partial charge is 0.257 e. The van der Waals surface area contributed by atoms with Crippen molar-refractivity contribution in [1.82, 2.24) is 14.9 Å². The summed E-state index contributed by atoms with van der Waals surface area (Å²) in [5.41, 5.74) is 8.04. The predicted octanol–water partition coefficient (Wildman–Crippen LogP) is 2.63. The van der Waals surface area contributed by atoms with Crippen LogP contribution in [0.25, 0.3) is 0 Å². The number of aryl methyl sites for hydroxylation is 1. The van der Waals surface area contributed by atoms with E-state index in [1.807, 2.05) is 23.1 Å². The molecule has 23 heavy (non-hydrogen) atoms. The summed E-state index contributed by atoms with van der Waals surface area (Å²) in [6, 6.07) is 10.4. The van der Waals surface area contributed by atoms with E-state index < -0.39 is 0 Å². The molecule has 0 saturated carbocycles. The number of hydrogen-bond donors (Lipinski definition) is 1. The number of rotatable bonds is 2. The number of nitrogens with two attached hydrogens (primary N) is 1. The molecule has 1 aliphatic heterocycles. The van der Waals surface area contributed by atoms with Gasteiger partial charge in [0.05, 0.1) is 11.3 Å². The topological polar surface area (TPSA) is 72.1 Å². The SMILES string of the molecule is Cc1nc(N)ncc1C(=O)N1C[C@@H](c2ccccc2)C(C)(C)C1. The summed E-state index contributed by atoms with van der Waals surface area (Å²) in [5.74, 6) is 0.500. The molecule has 5 nitrogen and oxygen atoms in total. The zero-order chi connectivity index (χ0) is 16.6. The summed E-state index contributed by atoms with van der Waals surface area (Å²) >= 11 is 0. The fourth-order valence-electron chi connectivity index (χ4n) is 3.40. The number of nitrogens with zero attached hydrogens (tertiary/aromatic N) is 3. The minimum atomic E-state index is -0.0194. The molecule has 2 aromatic rings. The Morgan fingerprint density at radius 1 is 1.30 bits per heavy atom. The predicted molar refractivity (Wildman–Crippen MR) is 90.0 cm³/mol. The second-order valence-corrected chi connectivity index (χ2v) is 6.86. The minimum Gasteiger partial charge on any atom is -0.368 e. The number of carbonyl (C=O) groups is 1. The normalized spacial score (nSPS) is 19.8. The molecule has 0 unspecified atom stereocenters. The minimum absolute atomic E-state index is 0.0194. The van der Waals surface area contributed by atoms with Gasteiger partial charge in [0.1, 0.15) is 0 Å². The van der Waals surface area contributed by atoms with E-state index >= 15 is 0 Å². The number of aromatic nitrogens is 2. The van der Waals surface area contributed by atoms with Crippen LogP contribution in [0.4, 0.5) is 5.95 Å². The number of nitrogen functional groups attached to an aromatic ring is 1. The molecule has 2 heterocycles. The molecule has 1 atom stereocenters. The quantitative estimate of drug-likeness (QED) is 0.925. The zero-order valence-electron chi connectivity index (χ0n) is 13.8. The van der Waals surface area contributed by atoms with E-state index in [2.05, 4.69) is 35.9 Å². The maximum atomic E-state index is 12.8. The van der Waals surface area contributed by atoms with Crippen molar-refractivity contribution in [3.05, 3.63) is 53.3 Å². The lowest BCUT2D eigenvalue weighted by atomic mass is 9.78. The average Bonchev–Trinajstić information content (AvgIpc) is 2.83. The van der Waals surface area contributed by atoms with Crippen molar-refractivity contribution >= 4 is 11.9 Å². The molecule has 2 N–H and O–H groups in total. The van der Waals surface area contributed by atoms with Gasteiger partial charge < -0.3 is 10.6 Å². The molecule has 0 spiro atoms. The molecule has 1 aromatic heterocycles. The highest BCUT2D eigenvalue weighted by molar-refractivity contribution is 5.95. The Kier molecular flexibility index (Phi) is 3.80. The summed E-state index contributed by atoms with van der Waals surface area (Å²) in [6.07, 6.45) is 1.53. The van der Waals surface area contributed by atoms with Crippen molar-refractivity contribution in [2.45, 2.75) is 26.7 Å². The number of hydrogen-bond acceptors (Lipinski definition) is 4.